The molecule has 1 unspecified atom stereocenters. The predicted octanol–water partition coefficient (Wildman–Crippen LogP) is 3.06. The summed E-state index contributed by atoms with van der Waals surface area (Å²) in [7, 11) is 0.255. The Labute approximate surface area is 187 Å². The van der Waals surface area contributed by atoms with Gasteiger partial charge in [0, 0.05) is 37.6 Å². The number of carbonyl (C=O) groups is 2. The summed E-state index contributed by atoms with van der Waals surface area (Å²) < 4.78 is 25.4. The second kappa shape index (κ2) is 9.74. The lowest BCUT2D eigenvalue weighted by Gasteiger charge is -2.23. The van der Waals surface area contributed by atoms with E-state index in [1.165, 1.54) is 23.9 Å². The zero-order valence-electron chi connectivity index (χ0n) is 17.8. The second-order valence-electron chi connectivity index (χ2n) is 7.57. The van der Waals surface area contributed by atoms with E-state index in [9.17, 15) is 18.0 Å². The van der Waals surface area contributed by atoms with E-state index in [4.69, 9.17) is 0 Å². The van der Waals surface area contributed by atoms with Crippen LogP contribution >= 0.6 is 11.8 Å². The summed E-state index contributed by atoms with van der Waals surface area (Å²) in [5.41, 5.74) is 2.51. The fourth-order valence-corrected chi connectivity index (χ4v) is 5.42. The van der Waals surface area contributed by atoms with E-state index < -0.39 is 9.84 Å². The molecule has 7 nitrogen and oxygen atoms in total. The molecule has 1 aliphatic rings. The number of carbonyl (C=O) groups excluding carboxylic acids is 2. The number of rotatable bonds is 8. The number of hydrogen-bond acceptors (Lipinski definition) is 6. The molecule has 1 atom stereocenters. The summed E-state index contributed by atoms with van der Waals surface area (Å²) in [4.78, 5) is 27.2. The van der Waals surface area contributed by atoms with Gasteiger partial charge in [-0.1, -0.05) is 19.1 Å². The van der Waals surface area contributed by atoms with Crippen LogP contribution < -0.4 is 15.5 Å². The average Bonchev–Trinajstić information content (AvgIpc) is 2.75. The molecule has 0 spiro atoms. The van der Waals surface area contributed by atoms with Gasteiger partial charge in [-0.05, 0) is 42.3 Å². The molecular formula is C22H27N3O4S2. The van der Waals surface area contributed by atoms with Gasteiger partial charge in [-0.25, -0.2) is 8.42 Å². The Kier molecular flexibility index (Phi) is 7.27. The first-order valence-corrected chi connectivity index (χ1v) is 12.6. The van der Waals surface area contributed by atoms with E-state index in [-0.39, 0.29) is 34.1 Å². The molecule has 31 heavy (non-hydrogen) atoms. The normalized spacial score (nSPS) is 15.7. The van der Waals surface area contributed by atoms with Crippen molar-refractivity contribution in [3.63, 3.8) is 0 Å². The van der Waals surface area contributed by atoms with Crippen molar-refractivity contribution in [2.75, 3.05) is 30.1 Å². The molecule has 1 heterocycles. The highest BCUT2D eigenvalue weighted by atomic mass is 32.2. The van der Waals surface area contributed by atoms with Crippen LogP contribution in [0.3, 0.4) is 0 Å². The number of sulfone groups is 1. The van der Waals surface area contributed by atoms with E-state index in [0.29, 0.717) is 18.7 Å². The Hall–Kier alpha value is -2.52. The molecule has 1 aliphatic heterocycles. The smallest absolute Gasteiger partial charge is 0.237 e. The van der Waals surface area contributed by atoms with Gasteiger partial charge in [0.15, 0.2) is 9.84 Å². The molecule has 166 valence electrons. The van der Waals surface area contributed by atoms with Crippen molar-refractivity contribution < 1.29 is 18.0 Å². The van der Waals surface area contributed by atoms with Gasteiger partial charge in [0.25, 0.3) is 0 Å². The number of benzene rings is 2. The minimum Gasteiger partial charge on any atom is -0.378 e. The number of nitrogens with zero attached hydrogens (tertiary/aromatic N) is 1. The first-order chi connectivity index (χ1) is 14.7. The molecule has 2 amide bonds. The van der Waals surface area contributed by atoms with Gasteiger partial charge in [-0.3, -0.25) is 9.59 Å². The Morgan fingerprint density at radius 2 is 1.87 bits per heavy atom. The van der Waals surface area contributed by atoms with Gasteiger partial charge >= 0.3 is 0 Å². The summed E-state index contributed by atoms with van der Waals surface area (Å²) in [6.45, 7) is 2.28. The fraction of sp³-hybridized carbons (Fsp3) is 0.364. The highest BCUT2D eigenvalue weighted by molar-refractivity contribution is 8.01. The largest absolute Gasteiger partial charge is 0.378 e. The molecule has 2 N–H and O–H groups in total. The monoisotopic (exact) mass is 461 g/mol. The number of nitrogens with one attached hydrogen (secondary N) is 2. The Balaban J connectivity index is 1.56. The minimum absolute atomic E-state index is 0.106. The number of thioether (sulfide) groups is 1. The molecule has 2 aromatic carbocycles. The third-order valence-electron chi connectivity index (χ3n) is 5.04. The topological polar surface area (TPSA) is 95.6 Å². The van der Waals surface area contributed by atoms with Crippen molar-refractivity contribution in [3.8, 4) is 0 Å². The van der Waals surface area contributed by atoms with Crippen molar-refractivity contribution in [2.45, 2.75) is 41.4 Å². The standard InChI is InChI=1S/C22H27N3O4S2/c1-4-19-22(27)24-18-13-17(9-10-20(18)30-19)31(28,29)12-11-21(26)23-14-15-5-7-16(8-6-15)25(2)3/h5-10,13,19H,4,11-12,14H2,1-3H3,(H,23,26)(H,24,27). The highest BCUT2D eigenvalue weighted by Gasteiger charge is 2.27. The van der Waals surface area contributed by atoms with Gasteiger partial charge in [-0.2, -0.15) is 0 Å². The highest BCUT2D eigenvalue weighted by Crippen LogP contribution is 2.38. The predicted molar refractivity (Wildman–Crippen MR) is 124 cm³/mol. The molecule has 3 rings (SSSR count). The fourth-order valence-electron chi connectivity index (χ4n) is 3.14. The number of hydrogen-bond donors (Lipinski definition) is 2. The number of amides is 2. The maximum atomic E-state index is 12.7. The summed E-state index contributed by atoms with van der Waals surface area (Å²) in [5.74, 6) is -0.740. The minimum atomic E-state index is -3.65. The molecule has 0 bridgehead atoms. The number of fused-ring (bicyclic) bond motifs is 1. The Morgan fingerprint density at radius 3 is 2.52 bits per heavy atom. The molecule has 0 radical (unpaired) electrons. The molecule has 2 aromatic rings. The lowest BCUT2D eigenvalue weighted by atomic mass is 10.2. The van der Waals surface area contributed by atoms with Gasteiger partial charge in [0.05, 0.1) is 21.6 Å². The second-order valence-corrected chi connectivity index (χ2v) is 10.9. The molecule has 0 saturated heterocycles. The van der Waals surface area contributed by atoms with E-state index >= 15 is 0 Å². The molecule has 0 fully saturated rings. The first-order valence-electron chi connectivity index (χ1n) is 10.1. The van der Waals surface area contributed by atoms with Crippen LogP contribution in [0, 0.1) is 0 Å². The molecule has 0 aliphatic carbocycles. The molecule has 0 saturated carbocycles. The summed E-state index contributed by atoms with van der Waals surface area (Å²) in [5, 5.41) is 5.37. The quantitative estimate of drug-likeness (QED) is 0.627. The molecule has 0 aromatic heterocycles. The SMILES string of the molecule is CCC1Sc2ccc(S(=O)(=O)CCC(=O)NCc3ccc(N(C)C)cc3)cc2NC1=O. The third-order valence-corrected chi connectivity index (χ3v) is 8.20. The van der Waals surface area contributed by atoms with Crippen LogP contribution in [0.15, 0.2) is 52.3 Å². The molecular weight excluding hydrogens is 434 g/mol. The maximum absolute atomic E-state index is 12.7. The van der Waals surface area contributed by atoms with Crippen LogP contribution in [0.1, 0.15) is 25.3 Å². The van der Waals surface area contributed by atoms with Crippen molar-refractivity contribution in [3.05, 3.63) is 48.0 Å². The van der Waals surface area contributed by atoms with Crippen LogP contribution in [0.2, 0.25) is 0 Å². The van der Waals surface area contributed by atoms with Gasteiger partial charge in [0.1, 0.15) is 0 Å². The van der Waals surface area contributed by atoms with E-state index in [0.717, 1.165) is 16.1 Å². The van der Waals surface area contributed by atoms with Crippen LogP contribution in [0.5, 0.6) is 0 Å². The zero-order chi connectivity index (χ0) is 22.6. The van der Waals surface area contributed by atoms with Crippen LogP contribution in [0.25, 0.3) is 0 Å². The van der Waals surface area contributed by atoms with Crippen LogP contribution in [-0.4, -0.2) is 45.3 Å². The Morgan fingerprint density at radius 1 is 1.16 bits per heavy atom. The van der Waals surface area contributed by atoms with E-state index in [1.54, 1.807) is 6.07 Å². The number of anilines is 2. The van der Waals surface area contributed by atoms with E-state index in [2.05, 4.69) is 10.6 Å². The Bertz CT molecular complexity index is 1070. The summed E-state index contributed by atoms with van der Waals surface area (Å²) in [6.07, 6.45) is 0.569. The molecule has 9 heteroatoms. The van der Waals surface area contributed by atoms with Crippen molar-refractivity contribution in [2.24, 2.45) is 0 Å². The maximum Gasteiger partial charge on any atom is 0.237 e. The van der Waals surface area contributed by atoms with Crippen LogP contribution in [-0.2, 0) is 26.0 Å². The zero-order valence-corrected chi connectivity index (χ0v) is 19.5. The van der Waals surface area contributed by atoms with Crippen molar-refractivity contribution in [1.29, 1.82) is 0 Å². The summed E-state index contributed by atoms with van der Waals surface area (Å²) >= 11 is 1.44. The lowest BCUT2D eigenvalue weighted by Crippen LogP contribution is -2.28. The first kappa shape index (κ1) is 23.1. The van der Waals surface area contributed by atoms with Crippen molar-refractivity contribution in [1.82, 2.24) is 5.32 Å². The van der Waals surface area contributed by atoms with E-state index in [1.807, 2.05) is 50.2 Å². The average molecular weight is 462 g/mol. The van der Waals surface area contributed by atoms with Crippen molar-refractivity contribution >= 4 is 44.8 Å². The van der Waals surface area contributed by atoms with Crippen LogP contribution in [0.4, 0.5) is 11.4 Å². The van der Waals surface area contributed by atoms with Gasteiger partial charge < -0.3 is 15.5 Å². The lowest BCUT2D eigenvalue weighted by molar-refractivity contribution is -0.121. The summed E-state index contributed by atoms with van der Waals surface area (Å²) in [6, 6.07) is 12.5. The van der Waals surface area contributed by atoms with Gasteiger partial charge in [0.2, 0.25) is 11.8 Å². The third kappa shape index (κ3) is 5.80. The van der Waals surface area contributed by atoms with Gasteiger partial charge in [-0.15, -0.1) is 11.8 Å².